The molecule has 5 heteroatoms. The van der Waals surface area contributed by atoms with Gasteiger partial charge in [-0.25, -0.2) is 0 Å². The summed E-state index contributed by atoms with van der Waals surface area (Å²) in [6.07, 6.45) is 0. The lowest BCUT2D eigenvalue weighted by atomic mass is 10.1. The number of aliphatic hydroxyl groups is 1. The molecule has 1 aromatic rings. The van der Waals surface area contributed by atoms with Crippen LogP contribution in [0.25, 0.3) is 0 Å². The Morgan fingerprint density at radius 1 is 1.53 bits per heavy atom. The third kappa shape index (κ3) is 5.77. The average molecular weight is 238 g/mol. The zero-order valence-corrected chi connectivity index (χ0v) is 10.1. The first kappa shape index (κ1) is 13.3. The summed E-state index contributed by atoms with van der Waals surface area (Å²) < 4.78 is 5.24. The van der Waals surface area contributed by atoms with Gasteiger partial charge in [-0.1, -0.05) is 6.07 Å². The maximum Gasteiger partial charge on any atom is 0.258 e. The van der Waals surface area contributed by atoms with Gasteiger partial charge >= 0.3 is 0 Å². The van der Waals surface area contributed by atoms with Crippen LogP contribution in [-0.2, 0) is 4.79 Å². The number of hydrogen-bond donors (Lipinski definition) is 3. The summed E-state index contributed by atoms with van der Waals surface area (Å²) in [5, 5.41) is 12.0. The molecule has 0 bridgehead atoms. The number of rotatable bonds is 5. The molecule has 0 atom stereocenters. The van der Waals surface area contributed by atoms with E-state index in [-0.39, 0.29) is 19.1 Å². The summed E-state index contributed by atoms with van der Waals surface area (Å²) in [6.45, 7) is 3.32. The first-order valence-electron chi connectivity index (χ1n) is 5.34. The van der Waals surface area contributed by atoms with Gasteiger partial charge in [-0.05, 0) is 26.0 Å². The number of nitrogen functional groups attached to an aromatic ring is 1. The summed E-state index contributed by atoms with van der Waals surface area (Å²) in [6, 6.07) is 6.85. The fourth-order valence-electron chi connectivity index (χ4n) is 1.12. The number of carbonyl (C=O) groups excluding carboxylic acids is 1. The molecule has 0 unspecified atom stereocenters. The molecule has 17 heavy (non-hydrogen) atoms. The molecule has 0 radical (unpaired) electrons. The summed E-state index contributed by atoms with van der Waals surface area (Å²) >= 11 is 0. The van der Waals surface area contributed by atoms with Crippen LogP contribution in [0.4, 0.5) is 5.69 Å². The van der Waals surface area contributed by atoms with Crippen LogP contribution in [0.5, 0.6) is 5.75 Å². The van der Waals surface area contributed by atoms with Crippen LogP contribution >= 0.6 is 0 Å². The second kappa shape index (κ2) is 5.54. The second-order valence-electron chi connectivity index (χ2n) is 4.45. The predicted molar refractivity (Wildman–Crippen MR) is 65.7 cm³/mol. The fourth-order valence-corrected chi connectivity index (χ4v) is 1.12. The lowest BCUT2D eigenvalue weighted by Crippen LogP contribution is -2.40. The predicted octanol–water partition coefficient (Wildman–Crippen LogP) is 0.535. The Morgan fingerprint density at radius 3 is 2.82 bits per heavy atom. The molecule has 0 spiro atoms. The van der Waals surface area contributed by atoms with Crippen LogP contribution in [0.1, 0.15) is 13.8 Å². The molecule has 0 aliphatic rings. The number of carbonyl (C=O) groups is 1. The number of ether oxygens (including phenoxy) is 1. The van der Waals surface area contributed by atoms with E-state index in [4.69, 9.17) is 10.5 Å². The molecule has 4 N–H and O–H groups in total. The molecule has 0 aliphatic heterocycles. The zero-order valence-electron chi connectivity index (χ0n) is 10.1. The number of benzene rings is 1. The molecule has 0 heterocycles. The maximum absolute atomic E-state index is 11.4. The SMILES string of the molecule is CC(C)(O)CNC(=O)COc1cccc(N)c1. The average Bonchev–Trinajstić information content (AvgIpc) is 2.23. The van der Waals surface area contributed by atoms with E-state index in [1.165, 1.54) is 0 Å². The van der Waals surface area contributed by atoms with Crippen LogP contribution in [-0.4, -0.2) is 29.8 Å². The normalized spacial score (nSPS) is 11.0. The highest BCUT2D eigenvalue weighted by Crippen LogP contribution is 2.13. The van der Waals surface area contributed by atoms with Gasteiger partial charge in [0.25, 0.3) is 5.91 Å². The van der Waals surface area contributed by atoms with Crippen molar-refractivity contribution < 1.29 is 14.6 Å². The summed E-state index contributed by atoms with van der Waals surface area (Å²) in [5.74, 6) is 0.262. The van der Waals surface area contributed by atoms with Crippen LogP contribution in [0.15, 0.2) is 24.3 Å². The molecule has 0 saturated heterocycles. The van der Waals surface area contributed by atoms with Crippen LogP contribution in [0.3, 0.4) is 0 Å². The molecule has 1 aromatic carbocycles. The molecular formula is C12H18N2O3. The quantitative estimate of drug-likeness (QED) is 0.653. The summed E-state index contributed by atoms with van der Waals surface area (Å²) in [4.78, 5) is 11.4. The minimum Gasteiger partial charge on any atom is -0.484 e. The second-order valence-corrected chi connectivity index (χ2v) is 4.45. The highest BCUT2D eigenvalue weighted by atomic mass is 16.5. The third-order valence-corrected chi connectivity index (χ3v) is 1.95. The first-order chi connectivity index (χ1) is 7.87. The van der Waals surface area contributed by atoms with Crippen molar-refractivity contribution in [3.8, 4) is 5.75 Å². The van der Waals surface area contributed by atoms with Crippen molar-refractivity contribution in [3.63, 3.8) is 0 Å². The van der Waals surface area contributed by atoms with Gasteiger partial charge in [-0.3, -0.25) is 4.79 Å². The van der Waals surface area contributed by atoms with Crippen molar-refractivity contribution >= 4 is 11.6 Å². The van der Waals surface area contributed by atoms with E-state index in [9.17, 15) is 9.90 Å². The van der Waals surface area contributed by atoms with Crippen molar-refractivity contribution in [2.75, 3.05) is 18.9 Å². The highest BCUT2D eigenvalue weighted by Gasteiger charge is 2.13. The summed E-state index contributed by atoms with van der Waals surface area (Å²) in [7, 11) is 0. The monoisotopic (exact) mass is 238 g/mol. The lowest BCUT2D eigenvalue weighted by Gasteiger charge is -2.17. The number of anilines is 1. The van der Waals surface area contributed by atoms with E-state index >= 15 is 0 Å². The molecule has 1 rings (SSSR count). The lowest BCUT2D eigenvalue weighted by molar-refractivity contribution is -0.124. The highest BCUT2D eigenvalue weighted by molar-refractivity contribution is 5.77. The van der Waals surface area contributed by atoms with Gasteiger partial charge in [0.1, 0.15) is 5.75 Å². The van der Waals surface area contributed by atoms with E-state index < -0.39 is 5.60 Å². The van der Waals surface area contributed by atoms with E-state index in [0.717, 1.165) is 0 Å². The van der Waals surface area contributed by atoms with Gasteiger partial charge < -0.3 is 20.9 Å². The Kier molecular flexibility index (Phi) is 4.34. The van der Waals surface area contributed by atoms with Crippen molar-refractivity contribution in [2.24, 2.45) is 0 Å². The van der Waals surface area contributed by atoms with Crippen molar-refractivity contribution in [1.29, 1.82) is 0 Å². The molecular weight excluding hydrogens is 220 g/mol. The van der Waals surface area contributed by atoms with Gasteiger partial charge in [-0.15, -0.1) is 0 Å². The van der Waals surface area contributed by atoms with Crippen LogP contribution < -0.4 is 15.8 Å². The van der Waals surface area contributed by atoms with Crippen molar-refractivity contribution in [2.45, 2.75) is 19.4 Å². The van der Waals surface area contributed by atoms with Crippen molar-refractivity contribution in [3.05, 3.63) is 24.3 Å². The third-order valence-electron chi connectivity index (χ3n) is 1.95. The van der Waals surface area contributed by atoms with Gasteiger partial charge in [-0.2, -0.15) is 0 Å². The minimum atomic E-state index is -0.924. The molecule has 0 fully saturated rings. The molecule has 0 aliphatic carbocycles. The zero-order chi connectivity index (χ0) is 12.9. The largest absolute Gasteiger partial charge is 0.484 e. The maximum atomic E-state index is 11.4. The van der Waals surface area contributed by atoms with Crippen LogP contribution in [0, 0.1) is 0 Å². The Hall–Kier alpha value is -1.75. The molecule has 0 aromatic heterocycles. The Bertz CT molecular complexity index is 386. The molecule has 0 saturated carbocycles. The number of nitrogens with two attached hydrogens (primary N) is 1. The summed E-state index contributed by atoms with van der Waals surface area (Å²) in [5.41, 5.74) is 5.23. The van der Waals surface area contributed by atoms with Gasteiger partial charge in [0.2, 0.25) is 0 Å². The smallest absolute Gasteiger partial charge is 0.258 e. The molecule has 5 nitrogen and oxygen atoms in total. The Morgan fingerprint density at radius 2 is 2.24 bits per heavy atom. The van der Waals surface area contributed by atoms with Crippen molar-refractivity contribution in [1.82, 2.24) is 5.32 Å². The van der Waals surface area contributed by atoms with E-state index in [2.05, 4.69) is 5.32 Å². The first-order valence-corrected chi connectivity index (χ1v) is 5.34. The van der Waals surface area contributed by atoms with E-state index in [0.29, 0.717) is 11.4 Å². The number of amides is 1. The Balaban J connectivity index is 2.33. The van der Waals surface area contributed by atoms with Gasteiger partial charge in [0, 0.05) is 18.3 Å². The number of hydrogen-bond acceptors (Lipinski definition) is 4. The standard InChI is InChI=1S/C12H18N2O3/c1-12(2,16)8-14-11(15)7-17-10-5-3-4-9(13)6-10/h3-6,16H,7-8,13H2,1-2H3,(H,14,15). The van der Waals surface area contributed by atoms with Crippen LogP contribution in [0.2, 0.25) is 0 Å². The van der Waals surface area contributed by atoms with E-state index in [1.54, 1.807) is 38.1 Å². The topological polar surface area (TPSA) is 84.6 Å². The molecule has 94 valence electrons. The molecule has 1 amide bonds. The fraction of sp³-hybridized carbons (Fsp3) is 0.417. The minimum absolute atomic E-state index is 0.0977. The number of nitrogens with one attached hydrogen (secondary N) is 1. The Labute approximate surface area is 101 Å². The van der Waals surface area contributed by atoms with E-state index in [1.807, 2.05) is 0 Å². The van der Waals surface area contributed by atoms with Gasteiger partial charge in [0.05, 0.1) is 5.60 Å². The van der Waals surface area contributed by atoms with Gasteiger partial charge in [0.15, 0.2) is 6.61 Å².